The number of ether oxygens (including phenoxy) is 1. The number of fused-ring (bicyclic) bond motifs is 1. The number of methoxy groups -OCH3 is 1. The normalized spacial score (nSPS) is 20.8. The lowest BCUT2D eigenvalue weighted by Gasteiger charge is -2.56. The Bertz CT molecular complexity index is 1870. The van der Waals surface area contributed by atoms with Crippen molar-refractivity contribution in [2.45, 2.75) is 32.6 Å². The highest BCUT2D eigenvalue weighted by Crippen LogP contribution is 2.61. The number of hydrogen-bond donors (Lipinski definition) is 2. The number of imidazole rings is 1. The summed E-state index contributed by atoms with van der Waals surface area (Å²) >= 11 is 0. The summed E-state index contributed by atoms with van der Waals surface area (Å²) in [6.45, 7) is 2.01. The van der Waals surface area contributed by atoms with Crippen LogP contribution in [0.5, 0.6) is 0 Å². The minimum absolute atomic E-state index is 0.0189. The summed E-state index contributed by atoms with van der Waals surface area (Å²) < 4.78 is 6.88. The fourth-order valence-electron chi connectivity index (χ4n) is 6.79. The van der Waals surface area contributed by atoms with E-state index >= 15 is 0 Å². The zero-order valence-corrected chi connectivity index (χ0v) is 24.1. The minimum atomic E-state index is -0.138. The van der Waals surface area contributed by atoms with Crippen molar-refractivity contribution in [1.29, 1.82) is 0 Å². The van der Waals surface area contributed by atoms with Gasteiger partial charge in [-0.2, -0.15) is 0 Å². The van der Waals surface area contributed by atoms with Crippen molar-refractivity contribution in [3.05, 3.63) is 84.6 Å². The van der Waals surface area contributed by atoms with E-state index in [9.17, 15) is 9.59 Å². The number of anilines is 2. The lowest BCUT2D eigenvalue weighted by Crippen LogP contribution is -2.52. The van der Waals surface area contributed by atoms with Gasteiger partial charge in [0.2, 0.25) is 5.91 Å². The Morgan fingerprint density at radius 1 is 0.953 bits per heavy atom. The summed E-state index contributed by atoms with van der Waals surface area (Å²) in [6, 6.07) is 23.6. The van der Waals surface area contributed by atoms with Crippen molar-refractivity contribution in [3.8, 4) is 28.3 Å². The SMILES string of the molecule is COC(=O)C1CC2(CC(C(=O)Nc3ccc(-n4c(-c5cccnc5N)nc5ccc(-c6ccccc6)nc54)c(C)c3)C2)C1. The number of esters is 1. The zero-order chi connectivity index (χ0) is 29.7. The summed E-state index contributed by atoms with van der Waals surface area (Å²) in [4.78, 5) is 39.1. The van der Waals surface area contributed by atoms with Gasteiger partial charge in [-0.25, -0.2) is 15.0 Å². The van der Waals surface area contributed by atoms with Crippen LogP contribution in [0.3, 0.4) is 0 Å². The molecule has 0 unspecified atom stereocenters. The lowest BCUT2D eigenvalue weighted by molar-refractivity contribution is -0.163. The number of nitrogens with two attached hydrogens (primary N) is 1. The van der Waals surface area contributed by atoms with Gasteiger partial charge in [0.05, 0.1) is 30.0 Å². The van der Waals surface area contributed by atoms with Gasteiger partial charge in [0.1, 0.15) is 11.3 Å². The number of nitrogens with zero attached hydrogens (tertiary/aromatic N) is 4. The van der Waals surface area contributed by atoms with E-state index < -0.39 is 0 Å². The van der Waals surface area contributed by atoms with E-state index in [1.807, 2.05) is 84.3 Å². The third-order valence-electron chi connectivity index (χ3n) is 8.98. The number of rotatable bonds is 6. The van der Waals surface area contributed by atoms with E-state index in [0.29, 0.717) is 22.9 Å². The average Bonchev–Trinajstić information content (AvgIpc) is 3.34. The highest BCUT2D eigenvalue weighted by molar-refractivity contribution is 5.94. The summed E-state index contributed by atoms with van der Waals surface area (Å²) in [6.07, 6.45) is 4.93. The van der Waals surface area contributed by atoms with Crippen molar-refractivity contribution in [3.63, 3.8) is 0 Å². The molecule has 9 nitrogen and oxygen atoms in total. The summed E-state index contributed by atoms with van der Waals surface area (Å²) in [7, 11) is 1.43. The summed E-state index contributed by atoms with van der Waals surface area (Å²) in [5, 5.41) is 3.11. The van der Waals surface area contributed by atoms with Crippen LogP contribution in [-0.2, 0) is 14.3 Å². The second kappa shape index (κ2) is 10.3. The van der Waals surface area contributed by atoms with Gasteiger partial charge in [-0.05, 0) is 86.1 Å². The van der Waals surface area contributed by atoms with Crippen molar-refractivity contribution < 1.29 is 14.3 Å². The fraction of sp³-hybridized carbons (Fsp3) is 0.265. The van der Waals surface area contributed by atoms with Gasteiger partial charge >= 0.3 is 5.97 Å². The van der Waals surface area contributed by atoms with Crippen LogP contribution in [0.25, 0.3) is 39.5 Å². The molecule has 3 N–H and O–H groups in total. The van der Waals surface area contributed by atoms with Crippen LogP contribution in [0.2, 0.25) is 0 Å². The molecule has 7 rings (SSSR count). The van der Waals surface area contributed by atoms with Crippen LogP contribution in [0.15, 0.2) is 79.0 Å². The van der Waals surface area contributed by atoms with Crippen molar-refractivity contribution in [1.82, 2.24) is 19.5 Å². The Hall–Kier alpha value is -5.05. The maximum atomic E-state index is 13.1. The number of carbonyl (C=O) groups is 2. The van der Waals surface area contributed by atoms with Crippen LogP contribution in [0, 0.1) is 24.2 Å². The van der Waals surface area contributed by atoms with Crippen molar-refractivity contribution >= 4 is 34.5 Å². The molecular weight excluding hydrogens is 540 g/mol. The predicted octanol–water partition coefficient (Wildman–Crippen LogP) is 5.96. The quantitative estimate of drug-likeness (QED) is 0.241. The molecule has 2 aliphatic rings. The van der Waals surface area contributed by atoms with Crippen LogP contribution in [0.1, 0.15) is 31.2 Å². The molecule has 216 valence electrons. The van der Waals surface area contributed by atoms with Gasteiger partial charge in [-0.3, -0.25) is 14.2 Å². The van der Waals surface area contributed by atoms with E-state index in [-0.39, 0.29) is 29.1 Å². The number of hydrogen-bond acceptors (Lipinski definition) is 7. The van der Waals surface area contributed by atoms with Crippen LogP contribution in [-0.4, -0.2) is 38.5 Å². The van der Waals surface area contributed by atoms with E-state index in [2.05, 4.69) is 10.3 Å². The summed E-state index contributed by atoms with van der Waals surface area (Å²) in [5.41, 5.74) is 13.0. The molecule has 9 heteroatoms. The van der Waals surface area contributed by atoms with Crippen LogP contribution >= 0.6 is 0 Å². The largest absolute Gasteiger partial charge is 0.469 e. The number of pyridine rings is 2. The first-order valence-corrected chi connectivity index (χ1v) is 14.5. The minimum Gasteiger partial charge on any atom is -0.469 e. The molecule has 1 amide bonds. The van der Waals surface area contributed by atoms with Gasteiger partial charge < -0.3 is 15.8 Å². The molecule has 0 radical (unpaired) electrons. The molecule has 2 aliphatic carbocycles. The van der Waals surface area contributed by atoms with Gasteiger partial charge in [-0.15, -0.1) is 0 Å². The van der Waals surface area contributed by atoms with Gasteiger partial charge in [0.15, 0.2) is 11.5 Å². The first-order chi connectivity index (χ1) is 20.8. The predicted molar refractivity (Wildman–Crippen MR) is 165 cm³/mol. The maximum absolute atomic E-state index is 13.1. The molecule has 2 fully saturated rings. The third kappa shape index (κ3) is 4.70. The molecule has 3 heterocycles. The van der Waals surface area contributed by atoms with Crippen molar-refractivity contribution in [2.24, 2.45) is 17.3 Å². The smallest absolute Gasteiger partial charge is 0.308 e. The Morgan fingerprint density at radius 2 is 1.72 bits per heavy atom. The van der Waals surface area contributed by atoms with E-state index in [1.165, 1.54) is 7.11 Å². The Kier molecular flexibility index (Phi) is 6.45. The highest BCUT2D eigenvalue weighted by atomic mass is 16.5. The molecular formula is C34H32N6O3. The molecule has 43 heavy (non-hydrogen) atoms. The molecule has 0 aliphatic heterocycles. The van der Waals surface area contributed by atoms with Crippen molar-refractivity contribution in [2.75, 3.05) is 18.2 Å². The monoisotopic (exact) mass is 572 g/mol. The number of aryl methyl sites for hydroxylation is 1. The van der Waals surface area contributed by atoms with E-state index in [0.717, 1.165) is 59.4 Å². The Labute approximate surface area is 249 Å². The number of nitrogens with one attached hydrogen (secondary N) is 1. The second-order valence-electron chi connectivity index (χ2n) is 11.8. The molecule has 5 aromatic rings. The van der Waals surface area contributed by atoms with Gasteiger partial charge in [0.25, 0.3) is 0 Å². The molecule has 0 bridgehead atoms. The average molecular weight is 573 g/mol. The van der Waals surface area contributed by atoms with Crippen LogP contribution in [0.4, 0.5) is 11.5 Å². The molecule has 2 saturated carbocycles. The number of benzene rings is 2. The third-order valence-corrected chi connectivity index (χ3v) is 8.98. The van der Waals surface area contributed by atoms with Gasteiger partial charge in [-0.1, -0.05) is 30.3 Å². The van der Waals surface area contributed by atoms with E-state index in [1.54, 1.807) is 6.20 Å². The molecule has 2 aromatic carbocycles. The Morgan fingerprint density at radius 3 is 2.44 bits per heavy atom. The number of nitrogen functional groups attached to an aromatic ring is 1. The molecule has 0 saturated heterocycles. The van der Waals surface area contributed by atoms with Crippen LogP contribution < -0.4 is 11.1 Å². The number of aromatic nitrogens is 4. The second-order valence-corrected chi connectivity index (χ2v) is 11.8. The number of carbonyl (C=O) groups excluding carboxylic acids is 2. The molecule has 0 atom stereocenters. The fourth-order valence-corrected chi connectivity index (χ4v) is 6.79. The summed E-state index contributed by atoms with van der Waals surface area (Å²) in [5.74, 6) is 0.840. The standard InChI is InChI=1S/C34H32N6O3/c1-20-15-24(37-32(41)22-16-34(17-22)18-23(19-34)33(42)43-2)10-13-28(20)40-30(25-9-6-14-36-29(25)35)39-27-12-11-26(38-31(27)40)21-7-4-3-5-8-21/h3-15,22-23H,16-19H2,1-2H3,(H2,35,36)(H,37,41). The highest BCUT2D eigenvalue weighted by Gasteiger charge is 2.56. The first kappa shape index (κ1) is 26.8. The maximum Gasteiger partial charge on any atom is 0.308 e. The van der Waals surface area contributed by atoms with E-state index in [4.69, 9.17) is 20.4 Å². The first-order valence-electron chi connectivity index (χ1n) is 14.5. The Balaban J connectivity index is 1.19. The lowest BCUT2D eigenvalue weighted by atomic mass is 9.48. The van der Waals surface area contributed by atoms with Gasteiger partial charge in [0, 0.05) is 23.4 Å². The topological polar surface area (TPSA) is 125 Å². The zero-order valence-electron chi connectivity index (χ0n) is 24.1. The number of amides is 1. The molecule has 3 aromatic heterocycles. The molecule has 1 spiro atoms.